The quantitative estimate of drug-likeness (QED) is 0.710. The summed E-state index contributed by atoms with van der Waals surface area (Å²) in [5.74, 6) is 2.32. The van der Waals surface area contributed by atoms with Crippen LogP contribution in [0.2, 0.25) is 0 Å². The molecule has 0 aromatic heterocycles. The molecular weight excluding hydrogens is 255 g/mol. The Morgan fingerprint density at radius 2 is 1.67 bits per heavy atom. The lowest BCUT2D eigenvalue weighted by Crippen LogP contribution is -2.13. The van der Waals surface area contributed by atoms with Gasteiger partial charge in [-0.05, 0) is 42.2 Å². The number of benzene rings is 2. The lowest BCUT2D eigenvalue weighted by Gasteiger charge is -2.17. The molecule has 0 radical (unpaired) electrons. The zero-order valence-corrected chi connectivity index (χ0v) is 12.3. The van der Waals surface area contributed by atoms with Crippen LogP contribution in [0.5, 0.6) is 0 Å². The number of hydrogen-bond donors (Lipinski definition) is 0. The lowest BCUT2D eigenvalue weighted by atomic mass is 10.1. The first-order valence-electron chi connectivity index (χ1n) is 6.08. The molecule has 2 aromatic rings. The fourth-order valence-corrected chi connectivity index (χ4v) is 6.69. The molecule has 0 saturated heterocycles. The van der Waals surface area contributed by atoms with E-state index in [4.69, 9.17) is 11.8 Å². The molecule has 1 aliphatic heterocycles. The van der Waals surface area contributed by atoms with Gasteiger partial charge in [0.1, 0.15) is 0 Å². The van der Waals surface area contributed by atoms with E-state index in [2.05, 4.69) is 68.2 Å². The maximum atomic E-state index is 6.06. The van der Waals surface area contributed by atoms with Gasteiger partial charge in [0.15, 0.2) is 0 Å². The summed E-state index contributed by atoms with van der Waals surface area (Å²) in [7, 11) is 0. The smallest absolute Gasteiger partial charge is 0.0319 e. The van der Waals surface area contributed by atoms with E-state index in [0.717, 1.165) is 0 Å². The molecule has 1 heterocycles. The second-order valence-corrected chi connectivity index (χ2v) is 9.13. The molecule has 1 aliphatic rings. The molecule has 1 atom stereocenters. The van der Waals surface area contributed by atoms with Crippen LogP contribution in [0.1, 0.15) is 18.1 Å². The summed E-state index contributed by atoms with van der Waals surface area (Å²) in [6.07, 6.45) is 0. The fourth-order valence-electron chi connectivity index (χ4n) is 2.52. The molecule has 0 fully saturated rings. The van der Waals surface area contributed by atoms with Crippen molar-refractivity contribution in [3.8, 4) is 0 Å². The highest BCUT2D eigenvalue weighted by molar-refractivity contribution is 8.23. The van der Waals surface area contributed by atoms with Crippen LogP contribution >= 0.6 is 6.04 Å². The normalized spacial score (nSPS) is 21.6. The highest BCUT2D eigenvalue weighted by atomic mass is 32.4. The Kier molecular flexibility index (Phi) is 2.77. The number of hydrogen-bond acceptors (Lipinski definition) is 1. The molecule has 2 aromatic carbocycles. The third kappa shape index (κ3) is 1.70. The van der Waals surface area contributed by atoms with E-state index in [0.29, 0.717) is 0 Å². The summed E-state index contributed by atoms with van der Waals surface area (Å²) in [5, 5.41) is 2.66. The van der Waals surface area contributed by atoms with Gasteiger partial charge < -0.3 is 0 Å². The van der Waals surface area contributed by atoms with Gasteiger partial charge in [0, 0.05) is 11.3 Å². The van der Waals surface area contributed by atoms with Crippen LogP contribution in [0.25, 0.3) is 5.57 Å². The van der Waals surface area contributed by atoms with Crippen LogP contribution in [0.3, 0.4) is 0 Å². The monoisotopic (exact) mass is 270 g/mol. The molecular formula is C16H15PS. The average Bonchev–Trinajstić information content (AvgIpc) is 2.63. The summed E-state index contributed by atoms with van der Waals surface area (Å²) < 4.78 is 0. The first kappa shape index (κ1) is 11.9. The minimum atomic E-state index is -1.72. The largest absolute Gasteiger partial charge is 0.0832 e. The highest BCUT2D eigenvalue weighted by Crippen LogP contribution is 2.53. The maximum Gasteiger partial charge on any atom is 0.0319 e. The Hall–Kier alpha value is -1.17. The summed E-state index contributed by atoms with van der Waals surface area (Å²) >= 11 is 6.06. The zero-order chi connectivity index (χ0) is 12.8. The molecule has 0 N–H and O–H groups in total. The van der Waals surface area contributed by atoms with Gasteiger partial charge in [-0.1, -0.05) is 59.8 Å². The molecule has 0 aliphatic carbocycles. The van der Waals surface area contributed by atoms with Crippen molar-refractivity contribution in [1.82, 2.24) is 0 Å². The van der Waals surface area contributed by atoms with Crippen LogP contribution < -0.4 is 10.6 Å². The van der Waals surface area contributed by atoms with Gasteiger partial charge in [0.2, 0.25) is 0 Å². The summed E-state index contributed by atoms with van der Waals surface area (Å²) in [6.45, 7) is 4.31. The Bertz CT molecular complexity index is 683. The van der Waals surface area contributed by atoms with Gasteiger partial charge in [-0.25, -0.2) is 0 Å². The van der Waals surface area contributed by atoms with Crippen LogP contribution in [-0.2, 0) is 11.8 Å². The van der Waals surface area contributed by atoms with Gasteiger partial charge in [0.25, 0.3) is 0 Å². The molecule has 2 heteroatoms. The molecule has 3 rings (SSSR count). The zero-order valence-electron chi connectivity index (χ0n) is 10.6. The van der Waals surface area contributed by atoms with Crippen molar-refractivity contribution in [2.24, 2.45) is 0 Å². The van der Waals surface area contributed by atoms with E-state index in [1.807, 2.05) is 0 Å². The first-order valence-corrected chi connectivity index (χ1v) is 8.95. The third-order valence-corrected chi connectivity index (χ3v) is 7.89. The average molecular weight is 270 g/mol. The molecule has 0 nitrogen and oxygen atoms in total. The Balaban J connectivity index is 2.29. The van der Waals surface area contributed by atoms with E-state index < -0.39 is 6.04 Å². The minimum absolute atomic E-state index is 1.29. The maximum absolute atomic E-state index is 6.06. The second kappa shape index (κ2) is 4.19. The van der Waals surface area contributed by atoms with E-state index in [1.165, 1.54) is 27.3 Å². The number of rotatable bonds is 1. The van der Waals surface area contributed by atoms with Gasteiger partial charge in [0.05, 0.1) is 0 Å². The molecule has 0 bridgehead atoms. The molecule has 0 spiro atoms. The highest BCUT2D eigenvalue weighted by Gasteiger charge is 2.28. The van der Waals surface area contributed by atoms with Crippen molar-refractivity contribution in [1.29, 1.82) is 0 Å². The van der Waals surface area contributed by atoms with Crippen molar-refractivity contribution >= 4 is 34.0 Å². The Morgan fingerprint density at radius 3 is 2.39 bits per heavy atom. The van der Waals surface area contributed by atoms with Crippen LogP contribution in [0.15, 0.2) is 54.3 Å². The van der Waals surface area contributed by atoms with Gasteiger partial charge in [-0.3, -0.25) is 0 Å². The van der Waals surface area contributed by atoms with Gasteiger partial charge in [-0.2, -0.15) is 0 Å². The molecule has 0 amide bonds. The van der Waals surface area contributed by atoms with Crippen molar-refractivity contribution in [2.45, 2.75) is 13.8 Å². The van der Waals surface area contributed by atoms with Crippen molar-refractivity contribution in [3.63, 3.8) is 0 Å². The Labute approximate surface area is 113 Å². The van der Waals surface area contributed by atoms with Crippen LogP contribution in [0, 0.1) is 6.92 Å². The SMILES string of the molecule is CC1=CP(=S)(c2ccccc2)c2cc(C)ccc21. The molecule has 90 valence electrons. The number of aryl methyl sites for hydroxylation is 1. The standard InChI is InChI=1S/C16H15PS/c1-12-8-9-15-13(2)11-17(18,16(15)10-12)14-6-4-3-5-7-14/h3-11H,1-2H3. The summed E-state index contributed by atoms with van der Waals surface area (Å²) in [5.41, 5.74) is 3.96. The second-order valence-electron chi connectivity index (χ2n) is 4.83. The lowest BCUT2D eigenvalue weighted by molar-refractivity contribution is 1.48. The van der Waals surface area contributed by atoms with E-state index in [1.54, 1.807) is 0 Å². The predicted molar refractivity (Wildman–Crippen MR) is 84.8 cm³/mol. The predicted octanol–water partition coefficient (Wildman–Crippen LogP) is 3.80. The van der Waals surface area contributed by atoms with Crippen LogP contribution in [0.4, 0.5) is 0 Å². The van der Waals surface area contributed by atoms with Gasteiger partial charge in [-0.15, -0.1) is 0 Å². The number of allylic oxidation sites excluding steroid dienone is 1. The van der Waals surface area contributed by atoms with Crippen molar-refractivity contribution in [2.75, 3.05) is 0 Å². The molecule has 1 unspecified atom stereocenters. The topological polar surface area (TPSA) is 0 Å². The minimum Gasteiger partial charge on any atom is -0.0832 e. The number of fused-ring (bicyclic) bond motifs is 1. The van der Waals surface area contributed by atoms with E-state index in [-0.39, 0.29) is 0 Å². The third-order valence-electron chi connectivity index (χ3n) is 3.45. The van der Waals surface area contributed by atoms with Crippen molar-refractivity contribution in [3.05, 3.63) is 65.5 Å². The first-order chi connectivity index (χ1) is 8.61. The molecule has 0 saturated carbocycles. The van der Waals surface area contributed by atoms with Crippen molar-refractivity contribution < 1.29 is 0 Å². The van der Waals surface area contributed by atoms with E-state index >= 15 is 0 Å². The fraction of sp³-hybridized carbons (Fsp3) is 0.125. The molecule has 18 heavy (non-hydrogen) atoms. The van der Waals surface area contributed by atoms with Crippen LogP contribution in [-0.4, -0.2) is 0 Å². The van der Waals surface area contributed by atoms with Gasteiger partial charge >= 0.3 is 0 Å². The van der Waals surface area contributed by atoms with E-state index in [9.17, 15) is 0 Å². The summed E-state index contributed by atoms with van der Waals surface area (Å²) in [6, 6.07) is 15.5. The summed E-state index contributed by atoms with van der Waals surface area (Å²) in [4.78, 5) is 0. The Morgan fingerprint density at radius 1 is 0.944 bits per heavy atom.